The number of benzene rings is 1. The molecular weight excluding hydrogens is 372 g/mol. The summed E-state index contributed by atoms with van der Waals surface area (Å²) in [5.74, 6) is 0.254. The van der Waals surface area contributed by atoms with Crippen molar-refractivity contribution in [2.45, 2.75) is 46.8 Å². The number of hydrogen-bond donors (Lipinski definition) is 1. The molecule has 0 heterocycles. The van der Waals surface area contributed by atoms with Gasteiger partial charge >= 0.3 is 0 Å². The number of para-hydroxylation sites is 1. The summed E-state index contributed by atoms with van der Waals surface area (Å²) in [5, 5.41) is 2.81. The maximum absolute atomic E-state index is 12.9. The van der Waals surface area contributed by atoms with E-state index < -0.39 is 6.10 Å². The van der Waals surface area contributed by atoms with Gasteiger partial charge in [-0.15, -0.1) is 0 Å². The van der Waals surface area contributed by atoms with Crippen LogP contribution in [-0.4, -0.2) is 41.9 Å². The fourth-order valence-electron chi connectivity index (χ4n) is 2.22. The Morgan fingerprint density at radius 3 is 2.33 bits per heavy atom. The summed E-state index contributed by atoms with van der Waals surface area (Å²) in [6.07, 6.45) is -0.643. The molecule has 0 saturated heterocycles. The van der Waals surface area contributed by atoms with Crippen molar-refractivity contribution in [3.63, 3.8) is 0 Å². The van der Waals surface area contributed by atoms with Crippen molar-refractivity contribution in [1.29, 1.82) is 0 Å². The van der Waals surface area contributed by atoms with E-state index in [9.17, 15) is 9.59 Å². The number of hydrogen-bond acceptors (Lipinski definition) is 3. The SMILES string of the molecule is CCN(CC(=O)NC(C)C)C(=O)[C@@H](Oc1ccccc1Br)C(C)C. The van der Waals surface area contributed by atoms with Crippen molar-refractivity contribution < 1.29 is 14.3 Å². The molecule has 5 nitrogen and oxygen atoms in total. The van der Waals surface area contributed by atoms with E-state index in [2.05, 4.69) is 21.2 Å². The second-order valence-corrected chi connectivity index (χ2v) is 7.14. The van der Waals surface area contributed by atoms with E-state index in [0.717, 1.165) is 4.47 Å². The second kappa shape index (κ2) is 9.67. The zero-order valence-corrected chi connectivity index (χ0v) is 16.6. The van der Waals surface area contributed by atoms with E-state index in [1.165, 1.54) is 4.90 Å². The van der Waals surface area contributed by atoms with Crippen LogP contribution in [0.25, 0.3) is 0 Å². The molecule has 0 radical (unpaired) electrons. The molecule has 6 heteroatoms. The molecule has 0 bridgehead atoms. The highest BCUT2D eigenvalue weighted by Gasteiger charge is 2.30. The lowest BCUT2D eigenvalue weighted by molar-refractivity contribution is -0.143. The van der Waals surface area contributed by atoms with Crippen LogP contribution in [0.5, 0.6) is 5.75 Å². The minimum absolute atomic E-state index is 0.0215. The van der Waals surface area contributed by atoms with Gasteiger partial charge in [0.05, 0.1) is 11.0 Å². The standard InChI is InChI=1S/C18H27BrN2O3/c1-6-21(11-16(22)20-13(4)5)18(23)17(12(2)3)24-15-10-8-7-9-14(15)19/h7-10,12-13,17H,6,11H2,1-5H3,(H,20,22)/t17-/m0/s1. The Bertz CT molecular complexity index is 561. The average molecular weight is 399 g/mol. The number of rotatable bonds is 8. The summed E-state index contributed by atoms with van der Waals surface area (Å²) < 4.78 is 6.74. The molecule has 1 atom stereocenters. The average Bonchev–Trinajstić information content (AvgIpc) is 2.50. The third-order valence-electron chi connectivity index (χ3n) is 3.42. The van der Waals surface area contributed by atoms with Gasteiger partial charge in [-0.25, -0.2) is 0 Å². The van der Waals surface area contributed by atoms with Crippen LogP contribution in [0.3, 0.4) is 0 Å². The molecule has 0 saturated carbocycles. The lowest BCUT2D eigenvalue weighted by atomic mass is 10.1. The maximum atomic E-state index is 12.9. The molecule has 0 aliphatic carbocycles. The van der Waals surface area contributed by atoms with Crippen molar-refractivity contribution in [3.05, 3.63) is 28.7 Å². The number of ether oxygens (including phenoxy) is 1. The number of nitrogens with one attached hydrogen (secondary N) is 1. The van der Waals surface area contributed by atoms with E-state index >= 15 is 0 Å². The Hall–Kier alpha value is -1.56. The highest BCUT2D eigenvalue weighted by molar-refractivity contribution is 9.10. The Morgan fingerprint density at radius 2 is 1.83 bits per heavy atom. The first-order valence-corrected chi connectivity index (χ1v) is 9.04. The van der Waals surface area contributed by atoms with Crippen molar-refractivity contribution in [3.8, 4) is 5.75 Å². The smallest absolute Gasteiger partial charge is 0.264 e. The molecule has 0 aliphatic rings. The van der Waals surface area contributed by atoms with Crippen LogP contribution < -0.4 is 10.1 Å². The topological polar surface area (TPSA) is 58.6 Å². The third kappa shape index (κ3) is 6.15. The van der Waals surface area contributed by atoms with E-state index in [1.807, 2.05) is 58.9 Å². The lowest BCUT2D eigenvalue weighted by Crippen LogP contribution is -2.49. The van der Waals surface area contributed by atoms with Crippen LogP contribution in [0.4, 0.5) is 0 Å². The number of nitrogens with zero attached hydrogens (tertiary/aromatic N) is 1. The third-order valence-corrected chi connectivity index (χ3v) is 4.07. The van der Waals surface area contributed by atoms with Gasteiger partial charge in [-0.2, -0.15) is 0 Å². The van der Waals surface area contributed by atoms with Gasteiger partial charge in [0.1, 0.15) is 5.75 Å². The van der Waals surface area contributed by atoms with Crippen LogP contribution in [0.15, 0.2) is 28.7 Å². The van der Waals surface area contributed by atoms with Crippen LogP contribution in [0.1, 0.15) is 34.6 Å². The minimum atomic E-state index is -0.643. The van der Waals surface area contributed by atoms with Crippen LogP contribution in [0, 0.1) is 5.92 Å². The number of carbonyl (C=O) groups is 2. The second-order valence-electron chi connectivity index (χ2n) is 6.29. The van der Waals surface area contributed by atoms with Crippen molar-refractivity contribution in [2.75, 3.05) is 13.1 Å². The number of carbonyl (C=O) groups excluding carboxylic acids is 2. The van der Waals surface area contributed by atoms with Gasteiger partial charge < -0.3 is 15.0 Å². The fourth-order valence-corrected chi connectivity index (χ4v) is 2.59. The number of halogens is 1. The quantitative estimate of drug-likeness (QED) is 0.730. The van der Waals surface area contributed by atoms with Crippen molar-refractivity contribution in [1.82, 2.24) is 10.2 Å². The molecule has 1 aromatic rings. The Kier molecular flexibility index (Phi) is 8.25. The van der Waals surface area contributed by atoms with Gasteiger partial charge in [-0.05, 0) is 54.8 Å². The molecule has 0 spiro atoms. The Balaban J connectivity index is 2.87. The number of amides is 2. The molecule has 0 aromatic heterocycles. The molecule has 0 unspecified atom stereocenters. The predicted octanol–water partition coefficient (Wildman–Crippen LogP) is 3.23. The largest absolute Gasteiger partial charge is 0.479 e. The van der Waals surface area contributed by atoms with E-state index in [0.29, 0.717) is 12.3 Å². The summed E-state index contributed by atoms with van der Waals surface area (Å²) in [5.41, 5.74) is 0. The van der Waals surface area contributed by atoms with E-state index in [1.54, 1.807) is 0 Å². The van der Waals surface area contributed by atoms with Gasteiger partial charge in [-0.3, -0.25) is 9.59 Å². The van der Waals surface area contributed by atoms with Crippen LogP contribution in [0.2, 0.25) is 0 Å². The van der Waals surface area contributed by atoms with Gasteiger partial charge in [0, 0.05) is 12.6 Å². The molecule has 24 heavy (non-hydrogen) atoms. The number of likely N-dealkylation sites (N-methyl/N-ethyl adjacent to an activating group) is 1. The molecule has 1 N–H and O–H groups in total. The molecule has 134 valence electrons. The lowest BCUT2D eigenvalue weighted by Gasteiger charge is -2.29. The Morgan fingerprint density at radius 1 is 1.21 bits per heavy atom. The highest BCUT2D eigenvalue weighted by Crippen LogP contribution is 2.26. The molecule has 1 rings (SSSR count). The zero-order valence-electron chi connectivity index (χ0n) is 15.0. The molecule has 0 aliphatic heterocycles. The summed E-state index contributed by atoms with van der Waals surface area (Å²) in [6, 6.07) is 7.47. The fraction of sp³-hybridized carbons (Fsp3) is 0.556. The van der Waals surface area contributed by atoms with Crippen molar-refractivity contribution in [2.24, 2.45) is 5.92 Å². The van der Waals surface area contributed by atoms with Crippen LogP contribution in [-0.2, 0) is 9.59 Å². The molecule has 0 fully saturated rings. The van der Waals surface area contributed by atoms with Gasteiger partial charge in [0.15, 0.2) is 6.10 Å². The summed E-state index contributed by atoms with van der Waals surface area (Å²) >= 11 is 3.43. The monoisotopic (exact) mass is 398 g/mol. The van der Waals surface area contributed by atoms with Crippen LogP contribution >= 0.6 is 15.9 Å². The maximum Gasteiger partial charge on any atom is 0.264 e. The zero-order chi connectivity index (χ0) is 18.3. The van der Waals surface area contributed by atoms with Gasteiger partial charge in [0.25, 0.3) is 5.91 Å². The molecule has 2 amide bonds. The first kappa shape index (κ1) is 20.5. The molecule has 1 aromatic carbocycles. The summed E-state index contributed by atoms with van der Waals surface area (Å²) in [4.78, 5) is 26.4. The van der Waals surface area contributed by atoms with E-state index in [-0.39, 0.29) is 30.3 Å². The van der Waals surface area contributed by atoms with Crippen molar-refractivity contribution >= 4 is 27.7 Å². The van der Waals surface area contributed by atoms with Gasteiger partial charge in [-0.1, -0.05) is 26.0 Å². The highest BCUT2D eigenvalue weighted by atomic mass is 79.9. The predicted molar refractivity (Wildman–Crippen MR) is 98.9 cm³/mol. The van der Waals surface area contributed by atoms with Gasteiger partial charge in [0.2, 0.25) is 5.91 Å². The first-order chi connectivity index (χ1) is 11.3. The summed E-state index contributed by atoms with van der Waals surface area (Å²) in [7, 11) is 0. The first-order valence-electron chi connectivity index (χ1n) is 8.25. The normalized spacial score (nSPS) is 12.2. The minimum Gasteiger partial charge on any atom is -0.479 e. The molecular formula is C18H27BrN2O3. The summed E-state index contributed by atoms with van der Waals surface area (Å²) in [6.45, 7) is 9.99. The van der Waals surface area contributed by atoms with E-state index in [4.69, 9.17) is 4.74 Å². The Labute approximate surface area is 152 Å².